The van der Waals surface area contributed by atoms with Crippen molar-refractivity contribution in [3.05, 3.63) is 24.3 Å². The summed E-state index contributed by atoms with van der Waals surface area (Å²) in [7, 11) is 4.01. The first kappa shape index (κ1) is 14.7. The highest BCUT2D eigenvalue weighted by atomic mass is 16.5. The molecule has 1 aliphatic carbocycles. The van der Waals surface area contributed by atoms with E-state index in [0.717, 1.165) is 11.4 Å². The molecule has 0 bridgehead atoms. The van der Waals surface area contributed by atoms with Gasteiger partial charge in [-0.3, -0.25) is 5.32 Å². The minimum absolute atomic E-state index is 0.486. The van der Waals surface area contributed by atoms with E-state index in [1.54, 1.807) is 0 Å². The summed E-state index contributed by atoms with van der Waals surface area (Å²) in [5.74, 6) is 0.850. The maximum atomic E-state index is 9.30. The predicted octanol–water partition coefficient (Wildman–Crippen LogP) is 2.56. The highest BCUT2D eigenvalue weighted by Gasteiger charge is 2.32. The Morgan fingerprint density at radius 3 is 2.80 bits per heavy atom. The van der Waals surface area contributed by atoms with Gasteiger partial charge >= 0.3 is 0 Å². The van der Waals surface area contributed by atoms with E-state index in [9.17, 15) is 5.26 Å². The largest absolute Gasteiger partial charge is 0.493 e. The van der Waals surface area contributed by atoms with Gasteiger partial charge in [0.2, 0.25) is 0 Å². The van der Waals surface area contributed by atoms with Crippen molar-refractivity contribution in [3.63, 3.8) is 0 Å². The summed E-state index contributed by atoms with van der Waals surface area (Å²) in [5, 5.41) is 12.7. The number of benzene rings is 1. The highest BCUT2D eigenvalue weighted by Crippen LogP contribution is 2.24. The lowest BCUT2D eigenvalue weighted by Gasteiger charge is -2.23. The molecule has 0 radical (unpaired) electrons. The average Bonchev–Trinajstić information content (AvgIpc) is 3.23. The lowest BCUT2D eigenvalue weighted by Crippen LogP contribution is -2.43. The van der Waals surface area contributed by atoms with Gasteiger partial charge in [0, 0.05) is 38.3 Å². The van der Waals surface area contributed by atoms with Crippen molar-refractivity contribution in [1.82, 2.24) is 5.32 Å². The second-order valence-electron chi connectivity index (χ2n) is 5.85. The number of nitriles is 1. The van der Waals surface area contributed by atoms with E-state index in [-0.39, 0.29) is 0 Å². The summed E-state index contributed by atoms with van der Waals surface area (Å²) in [6, 6.07) is 10.9. The Bertz CT molecular complexity index is 491. The van der Waals surface area contributed by atoms with Crippen molar-refractivity contribution in [1.29, 1.82) is 5.26 Å². The zero-order chi connectivity index (χ0) is 14.6. The molecule has 4 heteroatoms. The van der Waals surface area contributed by atoms with Gasteiger partial charge in [-0.1, -0.05) is 6.07 Å². The molecule has 0 amide bonds. The van der Waals surface area contributed by atoms with Crippen LogP contribution in [0.2, 0.25) is 0 Å². The van der Waals surface area contributed by atoms with Crippen LogP contribution in [0.4, 0.5) is 5.69 Å². The zero-order valence-electron chi connectivity index (χ0n) is 12.5. The molecular formula is C16H23N3O. The first-order chi connectivity index (χ1) is 9.52. The fraction of sp³-hybridized carbons (Fsp3) is 0.562. The molecule has 20 heavy (non-hydrogen) atoms. The van der Waals surface area contributed by atoms with Gasteiger partial charge in [0.1, 0.15) is 11.3 Å². The van der Waals surface area contributed by atoms with Gasteiger partial charge in [0.05, 0.1) is 12.7 Å². The predicted molar refractivity (Wildman–Crippen MR) is 81.1 cm³/mol. The lowest BCUT2D eigenvalue weighted by atomic mass is 10.0. The minimum atomic E-state index is -0.486. The third-order valence-electron chi connectivity index (χ3n) is 3.55. The van der Waals surface area contributed by atoms with E-state index in [0.29, 0.717) is 19.1 Å². The maximum Gasteiger partial charge on any atom is 0.121 e. The summed E-state index contributed by atoms with van der Waals surface area (Å²) < 4.78 is 5.78. The third kappa shape index (κ3) is 4.14. The SMILES string of the molecule is CN(C)c1cccc(OCCC(C)(C#N)NC2CC2)c1. The molecule has 0 spiro atoms. The molecule has 4 nitrogen and oxygen atoms in total. The van der Waals surface area contributed by atoms with Crippen molar-refractivity contribution in [2.75, 3.05) is 25.6 Å². The van der Waals surface area contributed by atoms with E-state index >= 15 is 0 Å². The van der Waals surface area contributed by atoms with Gasteiger partial charge in [-0.2, -0.15) is 5.26 Å². The molecule has 1 unspecified atom stereocenters. The number of nitrogens with zero attached hydrogens (tertiary/aromatic N) is 2. The average molecular weight is 273 g/mol. The van der Waals surface area contributed by atoms with Gasteiger partial charge < -0.3 is 9.64 Å². The third-order valence-corrected chi connectivity index (χ3v) is 3.55. The summed E-state index contributed by atoms with van der Waals surface area (Å²) in [6.07, 6.45) is 3.05. The van der Waals surface area contributed by atoms with Gasteiger partial charge in [-0.15, -0.1) is 0 Å². The fourth-order valence-corrected chi connectivity index (χ4v) is 2.06. The van der Waals surface area contributed by atoms with Crippen LogP contribution in [0.5, 0.6) is 5.75 Å². The van der Waals surface area contributed by atoms with Crippen molar-refractivity contribution in [3.8, 4) is 11.8 Å². The standard InChI is InChI=1S/C16H23N3O/c1-16(12-17,18-13-7-8-13)9-10-20-15-6-4-5-14(11-15)19(2)3/h4-6,11,13,18H,7-10H2,1-3H3. The van der Waals surface area contributed by atoms with Crippen LogP contribution >= 0.6 is 0 Å². The molecule has 1 saturated carbocycles. The molecule has 108 valence electrons. The molecule has 1 atom stereocenters. The summed E-state index contributed by atoms with van der Waals surface area (Å²) in [5.41, 5.74) is 0.627. The Labute approximate surface area is 121 Å². The Hall–Kier alpha value is -1.73. The van der Waals surface area contributed by atoms with Crippen LogP contribution in [0.25, 0.3) is 0 Å². The van der Waals surface area contributed by atoms with E-state index in [4.69, 9.17) is 4.74 Å². The molecular weight excluding hydrogens is 250 g/mol. The summed E-state index contributed by atoms with van der Waals surface area (Å²) in [6.45, 7) is 2.49. The normalized spacial score (nSPS) is 17.1. The second-order valence-corrected chi connectivity index (χ2v) is 5.85. The summed E-state index contributed by atoms with van der Waals surface area (Å²) >= 11 is 0. The van der Waals surface area contributed by atoms with E-state index in [2.05, 4.69) is 11.4 Å². The van der Waals surface area contributed by atoms with Crippen molar-refractivity contribution in [2.24, 2.45) is 0 Å². The molecule has 1 aromatic rings. The molecule has 1 fully saturated rings. The smallest absolute Gasteiger partial charge is 0.121 e. The fourth-order valence-electron chi connectivity index (χ4n) is 2.06. The zero-order valence-corrected chi connectivity index (χ0v) is 12.5. The molecule has 0 heterocycles. The first-order valence-electron chi connectivity index (χ1n) is 7.11. The number of nitrogens with one attached hydrogen (secondary N) is 1. The number of rotatable bonds is 7. The highest BCUT2D eigenvalue weighted by molar-refractivity contribution is 5.49. The Kier molecular flexibility index (Phi) is 4.51. The molecule has 1 aromatic carbocycles. The number of anilines is 1. The second kappa shape index (κ2) is 6.15. The van der Waals surface area contributed by atoms with E-state index in [1.807, 2.05) is 50.2 Å². The molecule has 1 aliphatic rings. The van der Waals surface area contributed by atoms with Crippen LogP contribution in [0.3, 0.4) is 0 Å². The maximum absolute atomic E-state index is 9.30. The monoisotopic (exact) mass is 273 g/mol. The Balaban J connectivity index is 1.85. The minimum Gasteiger partial charge on any atom is -0.493 e. The molecule has 0 aliphatic heterocycles. The number of ether oxygens (including phenoxy) is 1. The van der Waals surface area contributed by atoms with Crippen LogP contribution < -0.4 is 15.0 Å². The van der Waals surface area contributed by atoms with Gasteiger partial charge in [0.25, 0.3) is 0 Å². The van der Waals surface area contributed by atoms with Crippen LogP contribution in [-0.4, -0.2) is 32.3 Å². The van der Waals surface area contributed by atoms with Gasteiger partial charge in [0.15, 0.2) is 0 Å². The Morgan fingerprint density at radius 2 is 2.20 bits per heavy atom. The number of hydrogen-bond donors (Lipinski definition) is 1. The number of hydrogen-bond acceptors (Lipinski definition) is 4. The molecule has 1 N–H and O–H groups in total. The molecule has 2 rings (SSSR count). The van der Waals surface area contributed by atoms with Crippen LogP contribution in [0.1, 0.15) is 26.2 Å². The van der Waals surface area contributed by atoms with Gasteiger partial charge in [-0.05, 0) is 31.9 Å². The van der Waals surface area contributed by atoms with Crippen LogP contribution in [0, 0.1) is 11.3 Å². The van der Waals surface area contributed by atoms with Crippen molar-refractivity contribution in [2.45, 2.75) is 37.8 Å². The quantitative estimate of drug-likeness (QED) is 0.829. The van der Waals surface area contributed by atoms with Crippen molar-refractivity contribution < 1.29 is 4.74 Å². The van der Waals surface area contributed by atoms with E-state index in [1.165, 1.54) is 12.8 Å². The summed E-state index contributed by atoms with van der Waals surface area (Å²) in [4.78, 5) is 2.04. The van der Waals surface area contributed by atoms with Crippen LogP contribution in [-0.2, 0) is 0 Å². The molecule has 0 aromatic heterocycles. The van der Waals surface area contributed by atoms with E-state index < -0.39 is 5.54 Å². The molecule has 0 saturated heterocycles. The van der Waals surface area contributed by atoms with Gasteiger partial charge in [-0.25, -0.2) is 0 Å². The lowest BCUT2D eigenvalue weighted by molar-refractivity contribution is 0.266. The van der Waals surface area contributed by atoms with Crippen LogP contribution in [0.15, 0.2) is 24.3 Å². The topological polar surface area (TPSA) is 48.3 Å². The first-order valence-corrected chi connectivity index (χ1v) is 7.11. The van der Waals surface area contributed by atoms with Crippen molar-refractivity contribution >= 4 is 5.69 Å². The Morgan fingerprint density at radius 1 is 1.45 bits per heavy atom.